The quantitative estimate of drug-likeness (QED) is 0.866. The SMILES string of the molecule is CN(Cc1ccccc1)S(=O)(=O)NCC1(C)CCCO1. The van der Waals surface area contributed by atoms with Crippen molar-refractivity contribution in [1.29, 1.82) is 0 Å². The molecule has 1 aromatic carbocycles. The average Bonchev–Trinajstić information content (AvgIpc) is 2.85. The molecule has 1 atom stereocenters. The first-order valence-electron chi connectivity index (χ1n) is 6.80. The van der Waals surface area contributed by atoms with E-state index in [9.17, 15) is 8.42 Å². The maximum Gasteiger partial charge on any atom is 0.279 e. The van der Waals surface area contributed by atoms with Gasteiger partial charge in [0.2, 0.25) is 0 Å². The van der Waals surface area contributed by atoms with Crippen molar-refractivity contribution in [1.82, 2.24) is 9.03 Å². The number of rotatable bonds is 6. The van der Waals surface area contributed by atoms with Gasteiger partial charge in [-0.3, -0.25) is 0 Å². The summed E-state index contributed by atoms with van der Waals surface area (Å²) in [6, 6.07) is 9.53. The van der Waals surface area contributed by atoms with Crippen LogP contribution < -0.4 is 4.72 Å². The van der Waals surface area contributed by atoms with Gasteiger partial charge in [-0.15, -0.1) is 0 Å². The van der Waals surface area contributed by atoms with Gasteiger partial charge < -0.3 is 4.74 Å². The summed E-state index contributed by atoms with van der Waals surface area (Å²) in [4.78, 5) is 0. The Labute approximate surface area is 121 Å². The largest absolute Gasteiger partial charge is 0.374 e. The molecule has 1 unspecified atom stereocenters. The number of benzene rings is 1. The van der Waals surface area contributed by atoms with Gasteiger partial charge in [-0.05, 0) is 25.3 Å². The van der Waals surface area contributed by atoms with Crippen LogP contribution in [0.5, 0.6) is 0 Å². The fourth-order valence-electron chi connectivity index (χ4n) is 2.26. The topological polar surface area (TPSA) is 58.6 Å². The first-order valence-corrected chi connectivity index (χ1v) is 8.24. The van der Waals surface area contributed by atoms with Crippen LogP contribution >= 0.6 is 0 Å². The number of hydrogen-bond acceptors (Lipinski definition) is 3. The Balaban J connectivity index is 1.92. The van der Waals surface area contributed by atoms with Gasteiger partial charge in [0.1, 0.15) is 0 Å². The minimum absolute atomic E-state index is 0.314. The van der Waals surface area contributed by atoms with Crippen molar-refractivity contribution < 1.29 is 13.2 Å². The molecule has 1 aliphatic rings. The van der Waals surface area contributed by atoms with E-state index in [1.165, 1.54) is 4.31 Å². The molecule has 0 aromatic heterocycles. The molecule has 0 radical (unpaired) electrons. The monoisotopic (exact) mass is 298 g/mol. The highest BCUT2D eigenvalue weighted by molar-refractivity contribution is 7.87. The maximum atomic E-state index is 12.2. The lowest BCUT2D eigenvalue weighted by molar-refractivity contribution is 0.0248. The van der Waals surface area contributed by atoms with E-state index in [0.717, 1.165) is 18.4 Å². The van der Waals surface area contributed by atoms with Gasteiger partial charge in [0.15, 0.2) is 0 Å². The molecular weight excluding hydrogens is 276 g/mol. The summed E-state index contributed by atoms with van der Waals surface area (Å²) >= 11 is 0. The second-order valence-corrected chi connectivity index (χ2v) is 7.33. The summed E-state index contributed by atoms with van der Waals surface area (Å²) in [7, 11) is -1.90. The van der Waals surface area contributed by atoms with Crippen molar-refractivity contribution in [2.45, 2.75) is 31.9 Å². The molecule has 1 aliphatic heterocycles. The van der Waals surface area contributed by atoms with Crippen LogP contribution in [-0.4, -0.2) is 38.5 Å². The van der Waals surface area contributed by atoms with E-state index >= 15 is 0 Å². The third kappa shape index (κ3) is 4.02. The predicted octanol–water partition coefficient (Wildman–Crippen LogP) is 1.52. The van der Waals surface area contributed by atoms with Crippen molar-refractivity contribution in [2.24, 2.45) is 0 Å². The molecule has 1 saturated heterocycles. The van der Waals surface area contributed by atoms with Crippen molar-refractivity contribution in [2.75, 3.05) is 20.2 Å². The molecule has 20 heavy (non-hydrogen) atoms. The Morgan fingerprint density at radius 2 is 2.05 bits per heavy atom. The van der Waals surface area contributed by atoms with Crippen molar-refractivity contribution in [3.8, 4) is 0 Å². The van der Waals surface area contributed by atoms with Crippen LogP contribution in [0.25, 0.3) is 0 Å². The van der Waals surface area contributed by atoms with Crippen LogP contribution in [0.1, 0.15) is 25.3 Å². The molecule has 1 aromatic rings. The lowest BCUT2D eigenvalue weighted by Gasteiger charge is -2.25. The molecule has 2 rings (SSSR count). The maximum absolute atomic E-state index is 12.2. The highest BCUT2D eigenvalue weighted by atomic mass is 32.2. The summed E-state index contributed by atoms with van der Waals surface area (Å²) in [5.41, 5.74) is 0.587. The van der Waals surface area contributed by atoms with Crippen molar-refractivity contribution >= 4 is 10.2 Å². The lowest BCUT2D eigenvalue weighted by Crippen LogP contribution is -2.45. The van der Waals surface area contributed by atoms with E-state index in [1.807, 2.05) is 37.3 Å². The molecule has 0 aliphatic carbocycles. The third-order valence-electron chi connectivity index (χ3n) is 3.59. The van der Waals surface area contributed by atoms with Crippen LogP contribution in [0.3, 0.4) is 0 Å². The molecule has 6 heteroatoms. The van der Waals surface area contributed by atoms with Gasteiger partial charge in [0, 0.05) is 26.7 Å². The second-order valence-electron chi connectivity index (χ2n) is 5.47. The highest BCUT2D eigenvalue weighted by Crippen LogP contribution is 2.24. The summed E-state index contributed by atoms with van der Waals surface area (Å²) < 4.78 is 33.9. The summed E-state index contributed by atoms with van der Waals surface area (Å²) in [5, 5.41) is 0. The summed E-state index contributed by atoms with van der Waals surface area (Å²) in [6.07, 6.45) is 1.87. The molecule has 112 valence electrons. The number of hydrogen-bond donors (Lipinski definition) is 1. The molecule has 5 nitrogen and oxygen atoms in total. The van der Waals surface area contributed by atoms with E-state index in [4.69, 9.17) is 4.74 Å². The minimum atomic E-state index is -3.48. The standard InChI is InChI=1S/C14H22N2O3S/c1-14(9-6-10-19-14)12-15-20(17,18)16(2)11-13-7-4-3-5-8-13/h3-5,7-8,15H,6,9-12H2,1-2H3. The van der Waals surface area contributed by atoms with E-state index < -0.39 is 10.2 Å². The summed E-state index contributed by atoms with van der Waals surface area (Å²) in [5.74, 6) is 0. The Hall–Kier alpha value is -0.950. The average molecular weight is 298 g/mol. The van der Waals surface area contributed by atoms with Gasteiger partial charge in [-0.25, -0.2) is 0 Å². The zero-order valence-corrected chi connectivity index (χ0v) is 12.8. The van der Waals surface area contributed by atoms with Crippen LogP contribution in [0.4, 0.5) is 0 Å². The van der Waals surface area contributed by atoms with Gasteiger partial charge in [-0.2, -0.15) is 17.4 Å². The third-order valence-corrected chi connectivity index (χ3v) is 5.05. The molecule has 0 amide bonds. The van der Waals surface area contributed by atoms with Crippen molar-refractivity contribution in [3.05, 3.63) is 35.9 Å². The summed E-state index contributed by atoms with van der Waals surface area (Å²) in [6.45, 7) is 3.32. The van der Waals surface area contributed by atoms with E-state index in [-0.39, 0.29) is 5.60 Å². The molecule has 1 heterocycles. The first-order chi connectivity index (χ1) is 9.41. The van der Waals surface area contributed by atoms with Crippen LogP contribution in [0.2, 0.25) is 0 Å². The van der Waals surface area contributed by atoms with E-state index in [0.29, 0.717) is 19.7 Å². The van der Waals surface area contributed by atoms with Gasteiger partial charge >= 0.3 is 0 Å². The molecular formula is C14H22N2O3S. The smallest absolute Gasteiger partial charge is 0.279 e. The normalized spacial score (nSPS) is 23.4. The Bertz CT molecular complexity index is 525. The molecule has 0 saturated carbocycles. The second kappa shape index (κ2) is 6.22. The minimum Gasteiger partial charge on any atom is -0.374 e. The lowest BCUT2D eigenvalue weighted by atomic mass is 10.0. The number of nitrogens with zero attached hydrogens (tertiary/aromatic N) is 1. The zero-order chi connectivity index (χ0) is 14.6. The van der Waals surface area contributed by atoms with Gasteiger partial charge in [0.05, 0.1) is 5.60 Å². The molecule has 1 fully saturated rings. The molecule has 1 N–H and O–H groups in total. The Morgan fingerprint density at radius 1 is 1.35 bits per heavy atom. The van der Waals surface area contributed by atoms with Crippen LogP contribution in [0.15, 0.2) is 30.3 Å². The van der Waals surface area contributed by atoms with Crippen molar-refractivity contribution in [3.63, 3.8) is 0 Å². The Kier molecular flexibility index (Phi) is 4.80. The van der Waals surface area contributed by atoms with Gasteiger partial charge in [-0.1, -0.05) is 30.3 Å². The fraction of sp³-hybridized carbons (Fsp3) is 0.571. The predicted molar refractivity (Wildman–Crippen MR) is 78.4 cm³/mol. The fourth-order valence-corrected chi connectivity index (χ4v) is 3.28. The number of ether oxygens (including phenoxy) is 1. The van der Waals surface area contributed by atoms with Gasteiger partial charge in [0.25, 0.3) is 10.2 Å². The Morgan fingerprint density at radius 3 is 2.65 bits per heavy atom. The zero-order valence-electron chi connectivity index (χ0n) is 12.0. The van der Waals surface area contributed by atoms with Crippen LogP contribution in [-0.2, 0) is 21.5 Å². The van der Waals surface area contributed by atoms with E-state index in [2.05, 4.69) is 4.72 Å². The molecule has 0 bridgehead atoms. The highest BCUT2D eigenvalue weighted by Gasteiger charge is 2.31. The first kappa shape index (κ1) is 15.4. The number of nitrogens with one attached hydrogen (secondary N) is 1. The van der Waals surface area contributed by atoms with Crippen LogP contribution in [0, 0.1) is 0 Å². The molecule has 0 spiro atoms. The van der Waals surface area contributed by atoms with E-state index in [1.54, 1.807) is 7.05 Å².